The van der Waals surface area contributed by atoms with Crippen molar-refractivity contribution < 1.29 is 47.1 Å². The number of hydrogen-bond acceptors (Lipinski definition) is 15. The first-order valence-corrected chi connectivity index (χ1v) is 16.6. The molecule has 266 valence electrons. The maximum atomic E-state index is 13.0. The minimum absolute atomic E-state index is 0.0959. The lowest BCUT2D eigenvalue weighted by molar-refractivity contribution is -0.0327. The maximum Gasteiger partial charge on any atom is 0.296 e. The molecule has 1 aliphatic heterocycles. The van der Waals surface area contributed by atoms with E-state index in [1.54, 1.807) is 24.3 Å². The summed E-state index contributed by atoms with van der Waals surface area (Å²) in [5.74, 6) is -2.42. The molecule has 0 bridgehead atoms. The van der Waals surface area contributed by atoms with Gasteiger partial charge in [0.05, 0.1) is 48.0 Å². The second kappa shape index (κ2) is 13.1. The van der Waals surface area contributed by atoms with E-state index in [4.69, 9.17) is 13.3 Å². The lowest BCUT2D eigenvalue weighted by atomic mass is 9.99. The molecule has 0 spiro atoms. The van der Waals surface area contributed by atoms with E-state index < -0.39 is 51.0 Å². The molecule has 0 saturated carbocycles. The Kier molecular flexibility index (Phi) is 8.58. The van der Waals surface area contributed by atoms with Crippen LogP contribution in [0.25, 0.3) is 21.5 Å². The van der Waals surface area contributed by atoms with Gasteiger partial charge in [-0.2, -0.15) is 4.28 Å². The third-order valence-electron chi connectivity index (χ3n) is 7.97. The summed E-state index contributed by atoms with van der Waals surface area (Å²) in [6.07, 6.45) is 0.279. The average Bonchev–Trinajstić information content (AvgIpc) is 3.63. The predicted molar refractivity (Wildman–Crippen MR) is 181 cm³/mol. The number of hydrogen-bond donors (Lipinski definition) is 2. The number of benzene rings is 4. The first-order valence-electron chi connectivity index (χ1n) is 14.7. The van der Waals surface area contributed by atoms with E-state index in [1.807, 2.05) is 0 Å². The maximum absolute atomic E-state index is 13.0. The van der Waals surface area contributed by atoms with Crippen LogP contribution in [-0.2, 0) is 15.4 Å². The number of ether oxygens (including phenoxy) is 1. The van der Waals surface area contributed by atoms with E-state index >= 15 is 0 Å². The summed E-state index contributed by atoms with van der Waals surface area (Å²) in [6, 6.07) is 16.0. The Morgan fingerprint density at radius 1 is 0.755 bits per heavy atom. The zero-order valence-electron chi connectivity index (χ0n) is 26.4. The van der Waals surface area contributed by atoms with Crippen LogP contribution in [0.4, 0.5) is 0 Å². The van der Waals surface area contributed by atoms with Crippen LogP contribution in [0.3, 0.4) is 0 Å². The minimum Gasteiger partial charge on any atom is -0.457 e. The van der Waals surface area contributed by atoms with Crippen molar-refractivity contribution in [2.45, 2.75) is 9.79 Å². The van der Waals surface area contributed by atoms with Crippen molar-refractivity contribution in [1.82, 2.24) is 19.6 Å². The number of amides is 3. The van der Waals surface area contributed by atoms with E-state index in [9.17, 15) is 53.0 Å². The molecule has 0 radical (unpaired) electrons. The van der Waals surface area contributed by atoms with Crippen molar-refractivity contribution in [1.29, 1.82) is 0 Å². The summed E-state index contributed by atoms with van der Waals surface area (Å²) in [5.41, 5.74) is -4.94. The molecule has 6 aromatic rings. The topological polar surface area (TPSA) is 238 Å². The molecule has 20 heteroatoms. The molecule has 0 saturated heterocycles. The van der Waals surface area contributed by atoms with Crippen LogP contribution in [0.1, 0.15) is 41.4 Å². The number of carbonyl (C=O) groups is 4. The number of nitrogens with zero attached hydrogens (tertiary/aromatic N) is 4. The molecule has 0 aliphatic carbocycles. The summed E-state index contributed by atoms with van der Waals surface area (Å²) < 4.78 is 29.6. The highest BCUT2D eigenvalue weighted by Gasteiger charge is 2.37. The first kappa shape index (κ1) is 34.7. The standard InChI is InChI=1S/C33H18N4O14S2/c1-34(27(39)20-11-22-21(10-15(20)14-38)28(40)35(46)29(22)41)51-53(48)19-8-4-17(5-9-19)49-16-2-6-18(7-3-16)52-50-37-32(44)25-12-23-24(13-26(25)33(37)45)31(43)36(47)30(23)42/h2-14,46-47H,1H3. The molecular weight excluding hydrogens is 741 g/mol. The quantitative estimate of drug-likeness (QED) is 0.0504. The molecule has 1 unspecified atom stereocenters. The molecule has 3 heterocycles. The zero-order valence-corrected chi connectivity index (χ0v) is 28.0. The zero-order chi connectivity index (χ0) is 37.9. The number of aromatic nitrogens is 2. The SMILES string of the molecule is CN(OS(=O)c1ccc(Oc2ccc(SOn3c(=O)c4cc5c(=O)n(O)c(=O)c5cc4c3=O)cc2)cc1)C(=O)c1cc2c(cc1C=O)C(=O)N(O)C2=O. The molecule has 3 amide bonds. The number of carbonyl (C=O) groups excluding carboxylic acids is 4. The lowest BCUT2D eigenvalue weighted by Crippen LogP contribution is -2.29. The molecule has 1 aliphatic rings. The highest BCUT2D eigenvalue weighted by Crippen LogP contribution is 2.28. The van der Waals surface area contributed by atoms with Gasteiger partial charge in [-0.1, -0.05) is 4.73 Å². The number of aldehydes is 1. The van der Waals surface area contributed by atoms with Crippen molar-refractivity contribution in [3.8, 4) is 11.5 Å². The second-order valence-electron chi connectivity index (χ2n) is 11.1. The molecule has 4 aromatic carbocycles. The van der Waals surface area contributed by atoms with Crippen LogP contribution in [0, 0.1) is 0 Å². The van der Waals surface area contributed by atoms with Gasteiger partial charge in [-0.25, -0.2) is 9.27 Å². The van der Waals surface area contributed by atoms with Crippen LogP contribution in [-0.4, -0.2) is 65.3 Å². The Bertz CT molecular complexity index is 2730. The molecule has 2 aromatic heterocycles. The van der Waals surface area contributed by atoms with Crippen molar-refractivity contribution >= 4 is 68.7 Å². The van der Waals surface area contributed by atoms with E-state index in [-0.39, 0.29) is 64.8 Å². The fourth-order valence-corrected chi connectivity index (χ4v) is 6.58. The summed E-state index contributed by atoms with van der Waals surface area (Å²) in [7, 11) is 1.13. The fourth-order valence-electron chi connectivity index (χ4n) is 5.33. The Morgan fingerprint density at radius 3 is 1.81 bits per heavy atom. The van der Waals surface area contributed by atoms with Crippen molar-refractivity contribution in [3.63, 3.8) is 0 Å². The Balaban J connectivity index is 0.977. The van der Waals surface area contributed by atoms with Crippen LogP contribution in [0.2, 0.25) is 0 Å². The van der Waals surface area contributed by atoms with Gasteiger partial charge in [-0.05, 0) is 72.8 Å². The lowest BCUT2D eigenvalue weighted by Gasteiger charge is -2.17. The van der Waals surface area contributed by atoms with Gasteiger partial charge in [-0.3, -0.25) is 43.6 Å². The van der Waals surface area contributed by atoms with E-state index in [1.165, 1.54) is 24.3 Å². The van der Waals surface area contributed by atoms with Gasteiger partial charge in [0.1, 0.15) is 23.5 Å². The smallest absolute Gasteiger partial charge is 0.296 e. The summed E-state index contributed by atoms with van der Waals surface area (Å²) in [5, 5.41) is 18.9. The Hall–Kier alpha value is -6.74. The normalized spacial score (nSPS) is 13.1. The minimum atomic E-state index is -2.24. The number of fused-ring (bicyclic) bond motifs is 3. The summed E-state index contributed by atoms with van der Waals surface area (Å²) in [4.78, 5) is 99.2. The third kappa shape index (κ3) is 5.86. The van der Waals surface area contributed by atoms with Crippen molar-refractivity contribution in [3.05, 3.63) is 136 Å². The largest absolute Gasteiger partial charge is 0.457 e. The van der Waals surface area contributed by atoms with Gasteiger partial charge in [0, 0.05) is 12.6 Å². The molecule has 2 N–H and O–H groups in total. The summed E-state index contributed by atoms with van der Waals surface area (Å²) >= 11 is -1.57. The van der Waals surface area contributed by atoms with Gasteiger partial charge >= 0.3 is 0 Å². The van der Waals surface area contributed by atoms with Crippen LogP contribution >= 0.6 is 12.0 Å². The summed E-state index contributed by atoms with van der Waals surface area (Å²) in [6.45, 7) is 0. The van der Waals surface area contributed by atoms with Crippen molar-refractivity contribution in [2.75, 3.05) is 7.05 Å². The van der Waals surface area contributed by atoms with Crippen molar-refractivity contribution in [2.24, 2.45) is 0 Å². The van der Waals surface area contributed by atoms with Gasteiger partial charge in [0.25, 0.3) is 40.0 Å². The van der Waals surface area contributed by atoms with E-state index in [0.717, 1.165) is 31.3 Å². The third-order valence-corrected chi connectivity index (χ3v) is 9.68. The number of hydroxylamine groups is 4. The molecular formula is C33H18N4O14S2. The molecule has 1 atom stereocenters. The predicted octanol–water partition coefficient (Wildman–Crippen LogP) is 1.60. The molecule has 7 rings (SSSR count). The van der Waals surface area contributed by atoms with Crippen LogP contribution in [0.5, 0.6) is 11.5 Å². The van der Waals surface area contributed by atoms with Gasteiger partial charge < -0.3 is 14.2 Å². The molecule has 18 nitrogen and oxygen atoms in total. The highest BCUT2D eigenvalue weighted by molar-refractivity contribution is 7.94. The first-order chi connectivity index (χ1) is 25.3. The highest BCUT2D eigenvalue weighted by atomic mass is 32.2. The Labute approximate surface area is 299 Å². The van der Waals surface area contributed by atoms with Gasteiger partial charge in [0.15, 0.2) is 6.29 Å². The monoisotopic (exact) mass is 758 g/mol. The molecule has 53 heavy (non-hydrogen) atoms. The van der Waals surface area contributed by atoms with Crippen LogP contribution < -0.4 is 31.3 Å². The average molecular weight is 759 g/mol. The van der Waals surface area contributed by atoms with E-state index in [0.29, 0.717) is 38.2 Å². The van der Waals surface area contributed by atoms with Crippen LogP contribution in [0.15, 0.2) is 102 Å². The second-order valence-corrected chi connectivity index (χ2v) is 13.0. The van der Waals surface area contributed by atoms with E-state index in [2.05, 4.69) is 0 Å². The fraction of sp³-hybridized carbons (Fsp3) is 0.0303. The van der Waals surface area contributed by atoms with Gasteiger partial charge in [-0.15, -0.1) is 9.79 Å². The number of imide groups is 1. The molecule has 0 fully saturated rings. The number of rotatable bonds is 10. The van der Waals surface area contributed by atoms with Gasteiger partial charge in [0.2, 0.25) is 11.1 Å². The Morgan fingerprint density at radius 2 is 1.26 bits per heavy atom.